The van der Waals surface area contributed by atoms with Gasteiger partial charge in [-0.05, 0) is 31.6 Å². The Bertz CT molecular complexity index is 246. The van der Waals surface area contributed by atoms with Crippen LogP contribution < -0.4 is 5.73 Å². The van der Waals surface area contributed by atoms with E-state index in [-0.39, 0.29) is 0 Å². The van der Waals surface area contributed by atoms with Crippen LogP contribution in [0.2, 0.25) is 0 Å². The van der Waals surface area contributed by atoms with Crippen molar-refractivity contribution in [1.82, 2.24) is 0 Å². The van der Waals surface area contributed by atoms with E-state index < -0.39 is 0 Å². The van der Waals surface area contributed by atoms with Crippen molar-refractivity contribution in [1.29, 1.82) is 0 Å². The summed E-state index contributed by atoms with van der Waals surface area (Å²) in [5.74, 6) is 1.15. The van der Waals surface area contributed by atoms with E-state index in [4.69, 9.17) is 5.73 Å². The van der Waals surface area contributed by atoms with E-state index in [0.29, 0.717) is 11.3 Å². The van der Waals surface area contributed by atoms with Crippen molar-refractivity contribution < 1.29 is 0 Å². The van der Waals surface area contributed by atoms with E-state index in [0.717, 1.165) is 12.2 Å². The van der Waals surface area contributed by atoms with Crippen molar-refractivity contribution in [2.45, 2.75) is 31.6 Å². The molecule has 0 aliphatic heterocycles. The Labute approximate surface area is 91.1 Å². The van der Waals surface area contributed by atoms with Crippen molar-refractivity contribution in [3.05, 3.63) is 35.9 Å². The van der Waals surface area contributed by atoms with Gasteiger partial charge in [-0.25, -0.2) is 0 Å². The smallest absolute Gasteiger partial charge is 0.0269 e. The first kappa shape index (κ1) is 11.6. The first-order valence-corrected chi connectivity index (χ1v) is 6.17. The predicted molar refractivity (Wildman–Crippen MR) is 65.6 cm³/mol. The standard InChI is InChI=1S/C12H19NS/c1-10(13)8-9-14-11(2)12-6-4-3-5-7-12/h3-7,10-11H,8-9,13H2,1-2H3. The van der Waals surface area contributed by atoms with Crippen molar-refractivity contribution >= 4 is 11.8 Å². The highest BCUT2D eigenvalue weighted by Gasteiger charge is 2.05. The lowest BCUT2D eigenvalue weighted by molar-refractivity contribution is 0.720. The predicted octanol–water partition coefficient (Wildman–Crippen LogP) is 3.22. The van der Waals surface area contributed by atoms with E-state index in [1.807, 2.05) is 11.8 Å². The molecule has 1 aromatic carbocycles. The highest BCUT2D eigenvalue weighted by Crippen LogP contribution is 2.28. The average molecular weight is 209 g/mol. The van der Waals surface area contributed by atoms with Gasteiger partial charge < -0.3 is 5.73 Å². The maximum Gasteiger partial charge on any atom is 0.0269 e. The van der Waals surface area contributed by atoms with Gasteiger partial charge in [0.05, 0.1) is 0 Å². The third kappa shape index (κ3) is 4.16. The zero-order valence-electron chi connectivity index (χ0n) is 8.94. The summed E-state index contributed by atoms with van der Waals surface area (Å²) in [6.45, 7) is 4.31. The monoisotopic (exact) mass is 209 g/mol. The molecule has 2 atom stereocenters. The van der Waals surface area contributed by atoms with Gasteiger partial charge in [0.25, 0.3) is 0 Å². The second kappa shape index (κ2) is 6.10. The van der Waals surface area contributed by atoms with Crippen LogP contribution in [0.4, 0.5) is 0 Å². The molecular formula is C12H19NS. The number of nitrogens with two attached hydrogens (primary N) is 1. The Morgan fingerprint density at radius 3 is 2.43 bits per heavy atom. The van der Waals surface area contributed by atoms with Crippen molar-refractivity contribution in [2.24, 2.45) is 5.73 Å². The SMILES string of the molecule is CC(N)CCSC(C)c1ccccc1. The fraction of sp³-hybridized carbons (Fsp3) is 0.500. The Kier molecular flexibility index (Phi) is 5.05. The minimum atomic E-state index is 0.325. The summed E-state index contributed by atoms with van der Waals surface area (Å²) in [7, 11) is 0. The molecule has 0 radical (unpaired) electrons. The molecule has 0 saturated heterocycles. The molecule has 0 aliphatic rings. The van der Waals surface area contributed by atoms with Gasteiger partial charge in [-0.3, -0.25) is 0 Å². The van der Waals surface area contributed by atoms with E-state index in [1.165, 1.54) is 5.56 Å². The second-order valence-corrected chi connectivity index (χ2v) is 5.14. The van der Waals surface area contributed by atoms with E-state index in [2.05, 4.69) is 44.2 Å². The normalized spacial score (nSPS) is 15.1. The van der Waals surface area contributed by atoms with Crippen molar-refractivity contribution in [3.63, 3.8) is 0 Å². The van der Waals surface area contributed by atoms with Crippen LogP contribution in [0.1, 0.15) is 31.1 Å². The highest BCUT2D eigenvalue weighted by atomic mass is 32.2. The molecule has 1 aromatic rings. The van der Waals surface area contributed by atoms with Crippen LogP contribution in [0.15, 0.2) is 30.3 Å². The van der Waals surface area contributed by atoms with Crippen molar-refractivity contribution in [2.75, 3.05) is 5.75 Å². The van der Waals surface area contributed by atoms with E-state index in [9.17, 15) is 0 Å². The van der Waals surface area contributed by atoms with Crippen LogP contribution in [0.25, 0.3) is 0 Å². The summed E-state index contributed by atoms with van der Waals surface area (Å²) in [6, 6.07) is 10.9. The molecule has 0 aromatic heterocycles. The van der Waals surface area contributed by atoms with Gasteiger partial charge in [-0.2, -0.15) is 11.8 Å². The lowest BCUT2D eigenvalue weighted by atomic mass is 10.2. The van der Waals surface area contributed by atoms with Gasteiger partial charge in [0, 0.05) is 11.3 Å². The van der Waals surface area contributed by atoms with E-state index in [1.54, 1.807) is 0 Å². The molecule has 2 heteroatoms. The zero-order valence-corrected chi connectivity index (χ0v) is 9.76. The van der Waals surface area contributed by atoms with E-state index >= 15 is 0 Å². The topological polar surface area (TPSA) is 26.0 Å². The Morgan fingerprint density at radius 1 is 1.21 bits per heavy atom. The minimum Gasteiger partial charge on any atom is -0.328 e. The molecule has 14 heavy (non-hydrogen) atoms. The lowest BCUT2D eigenvalue weighted by Crippen LogP contribution is -2.15. The lowest BCUT2D eigenvalue weighted by Gasteiger charge is -2.12. The molecular weight excluding hydrogens is 190 g/mol. The van der Waals surface area contributed by atoms with Crippen LogP contribution in [-0.4, -0.2) is 11.8 Å². The number of benzene rings is 1. The van der Waals surface area contributed by atoms with Crippen LogP contribution in [0.3, 0.4) is 0 Å². The molecule has 1 nitrogen and oxygen atoms in total. The molecule has 0 fully saturated rings. The third-order valence-corrected chi connectivity index (χ3v) is 3.45. The van der Waals surface area contributed by atoms with Crippen LogP contribution in [-0.2, 0) is 0 Å². The van der Waals surface area contributed by atoms with Crippen LogP contribution in [0, 0.1) is 0 Å². The quantitative estimate of drug-likeness (QED) is 0.806. The largest absolute Gasteiger partial charge is 0.328 e. The highest BCUT2D eigenvalue weighted by molar-refractivity contribution is 7.99. The number of rotatable bonds is 5. The van der Waals surface area contributed by atoms with Gasteiger partial charge in [-0.1, -0.05) is 30.3 Å². The zero-order chi connectivity index (χ0) is 10.4. The Morgan fingerprint density at radius 2 is 1.86 bits per heavy atom. The van der Waals surface area contributed by atoms with Gasteiger partial charge >= 0.3 is 0 Å². The molecule has 0 bridgehead atoms. The molecule has 0 saturated carbocycles. The molecule has 0 heterocycles. The second-order valence-electron chi connectivity index (χ2n) is 3.69. The summed E-state index contributed by atoms with van der Waals surface area (Å²) in [5.41, 5.74) is 7.11. The Balaban J connectivity index is 2.32. The molecule has 2 unspecified atom stereocenters. The minimum absolute atomic E-state index is 0.325. The summed E-state index contributed by atoms with van der Waals surface area (Å²) >= 11 is 1.98. The maximum absolute atomic E-state index is 5.70. The Hall–Kier alpha value is -0.470. The molecule has 0 spiro atoms. The summed E-state index contributed by atoms with van der Waals surface area (Å²) in [4.78, 5) is 0. The molecule has 1 rings (SSSR count). The maximum atomic E-state index is 5.70. The first-order chi connectivity index (χ1) is 6.70. The van der Waals surface area contributed by atoms with Gasteiger partial charge in [0.1, 0.15) is 0 Å². The molecule has 2 N–H and O–H groups in total. The van der Waals surface area contributed by atoms with Crippen LogP contribution in [0.5, 0.6) is 0 Å². The fourth-order valence-electron chi connectivity index (χ4n) is 1.25. The van der Waals surface area contributed by atoms with Gasteiger partial charge in [0.2, 0.25) is 0 Å². The third-order valence-electron chi connectivity index (χ3n) is 2.21. The van der Waals surface area contributed by atoms with Crippen molar-refractivity contribution in [3.8, 4) is 0 Å². The summed E-state index contributed by atoms with van der Waals surface area (Å²) < 4.78 is 0. The first-order valence-electron chi connectivity index (χ1n) is 5.12. The molecule has 0 aliphatic carbocycles. The average Bonchev–Trinajstić information content (AvgIpc) is 2.18. The van der Waals surface area contributed by atoms with Gasteiger partial charge in [0.15, 0.2) is 0 Å². The molecule has 78 valence electrons. The summed E-state index contributed by atoms with van der Waals surface area (Å²) in [5, 5.41) is 0.579. The fourth-order valence-corrected chi connectivity index (χ4v) is 2.46. The number of thioether (sulfide) groups is 1. The number of hydrogen-bond donors (Lipinski definition) is 1. The number of hydrogen-bond acceptors (Lipinski definition) is 2. The summed E-state index contributed by atoms with van der Waals surface area (Å²) in [6.07, 6.45) is 1.10. The van der Waals surface area contributed by atoms with Gasteiger partial charge in [-0.15, -0.1) is 0 Å². The van der Waals surface area contributed by atoms with Crippen LogP contribution >= 0.6 is 11.8 Å². The molecule has 0 amide bonds.